The molecule has 70 heavy (non-hydrogen) atoms. The molecule has 0 aliphatic carbocycles. The fourth-order valence-corrected chi connectivity index (χ4v) is 9.91. The van der Waals surface area contributed by atoms with Gasteiger partial charge in [0, 0.05) is 12.8 Å². The van der Waals surface area contributed by atoms with Gasteiger partial charge in [-0.1, -0.05) is 301 Å². The lowest BCUT2D eigenvalue weighted by Gasteiger charge is -2.22. The van der Waals surface area contributed by atoms with Gasteiger partial charge in [0.1, 0.15) is 0 Å². The first-order valence-electron chi connectivity index (χ1n) is 31.6. The molecule has 0 aromatic rings. The number of nitrogens with one attached hydrogen (secondary N) is 1. The zero-order chi connectivity index (χ0) is 50.7. The maximum atomic E-state index is 12.5. The van der Waals surface area contributed by atoms with E-state index in [-0.39, 0.29) is 18.5 Å². The summed E-state index contributed by atoms with van der Waals surface area (Å²) in [4.78, 5) is 24.6. The first-order valence-corrected chi connectivity index (χ1v) is 31.6. The van der Waals surface area contributed by atoms with Gasteiger partial charge in [0.15, 0.2) is 0 Å². The van der Waals surface area contributed by atoms with Crippen LogP contribution in [-0.2, 0) is 14.3 Å². The number of carbonyl (C=O) groups excluding carboxylic acids is 2. The van der Waals surface area contributed by atoms with E-state index >= 15 is 0 Å². The van der Waals surface area contributed by atoms with Crippen LogP contribution in [-0.4, -0.2) is 47.4 Å². The van der Waals surface area contributed by atoms with Crippen LogP contribution >= 0.6 is 0 Å². The molecule has 0 bridgehead atoms. The predicted molar refractivity (Wildman–Crippen MR) is 306 cm³/mol. The summed E-state index contributed by atoms with van der Waals surface area (Å²) in [6.07, 6.45) is 73.2. The Hall–Kier alpha value is -1.66. The predicted octanol–water partition coefficient (Wildman–Crippen LogP) is 19.8. The van der Waals surface area contributed by atoms with Crippen LogP contribution in [0.25, 0.3) is 0 Å². The third-order valence-electron chi connectivity index (χ3n) is 14.8. The highest BCUT2D eigenvalue weighted by molar-refractivity contribution is 5.76. The number of amides is 1. The van der Waals surface area contributed by atoms with E-state index in [1.807, 2.05) is 0 Å². The van der Waals surface area contributed by atoms with Crippen molar-refractivity contribution >= 4 is 11.9 Å². The third-order valence-corrected chi connectivity index (χ3v) is 14.8. The standard InChI is InChI=1S/C64H123NO5/c1-3-5-7-9-11-13-15-17-19-21-22-23-24-25-26-28-29-32-36-40-44-48-52-56-62(67)61(60-66)65-63(68)57-53-49-45-41-37-33-31-35-39-43-47-51-55-59-70-64(69)58-54-50-46-42-38-34-30-27-20-18-16-14-12-10-8-6-4-2/h12,14,18,20,61-62,66-67H,3-11,13,15-17,19,21-60H2,1-2H3,(H,65,68)/b14-12-,20-18-. The van der Waals surface area contributed by atoms with Crippen molar-refractivity contribution < 1.29 is 24.5 Å². The molecule has 0 aliphatic heterocycles. The van der Waals surface area contributed by atoms with E-state index in [1.54, 1.807) is 0 Å². The van der Waals surface area contributed by atoms with Crippen LogP contribution in [0.4, 0.5) is 0 Å². The summed E-state index contributed by atoms with van der Waals surface area (Å²) in [5.41, 5.74) is 0. The van der Waals surface area contributed by atoms with Crippen LogP contribution in [0.1, 0.15) is 348 Å². The molecule has 2 unspecified atom stereocenters. The van der Waals surface area contributed by atoms with Crippen molar-refractivity contribution in [3.63, 3.8) is 0 Å². The highest BCUT2D eigenvalue weighted by Gasteiger charge is 2.20. The van der Waals surface area contributed by atoms with Gasteiger partial charge in [0.05, 0.1) is 25.4 Å². The molecule has 0 heterocycles. The summed E-state index contributed by atoms with van der Waals surface area (Å²) in [7, 11) is 0. The first kappa shape index (κ1) is 68.3. The van der Waals surface area contributed by atoms with E-state index in [9.17, 15) is 19.8 Å². The number of unbranched alkanes of at least 4 members (excludes halogenated alkanes) is 44. The molecule has 0 aliphatic rings. The maximum absolute atomic E-state index is 12.5. The SMILES string of the molecule is CCCCC/C=C\C/C=C\CCCCCCCCCC(=O)OCCCCCCCCCCCCCCCC(=O)NC(CO)C(O)CCCCCCCCCCCCCCCCCCCCCCCCC. The topological polar surface area (TPSA) is 95.9 Å². The molecule has 0 saturated carbocycles. The lowest BCUT2D eigenvalue weighted by atomic mass is 10.0. The number of aliphatic hydroxyl groups excluding tert-OH is 2. The number of ether oxygens (including phenoxy) is 1. The number of hydrogen-bond acceptors (Lipinski definition) is 5. The lowest BCUT2D eigenvalue weighted by molar-refractivity contribution is -0.143. The second-order valence-electron chi connectivity index (χ2n) is 21.7. The molecule has 0 saturated heterocycles. The van der Waals surface area contributed by atoms with Crippen molar-refractivity contribution in [1.82, 2.24) is 5.32 Å². The van der Waals surface area contributed by atoms with E-state index in [1.165, 1.54) is 257 Å². The van der Waals surface area contributed by atoms with Crippen molar-refractivity contribution in [3.05, 3.63) is 24.3 Å². The molecule has 2 atom stereocenters. The summed E-state index contributed by atoms with van der Waals surface area (Å²) < 4.78 is 5.48. The molecule has 0 fully saturated rings. The van der Waals surface area contributed by atoms with E-state index in [4.69, 9.17) is 4.74 Å². The van der Waals surface area contributed by atoms with Gasteiger partial charge in [-0.15, -0.1) is 0 Å². The van der Waals surface area contributed by atoms with E-state index < -0.39 is 12.1 Å². The van der Waals surface area contributed by atoms with Gasteiger partial charge in [0.25, 0.3) is 0 Å². The Balaban J connectivity index is 3.44. The smallest absolute Gasteiger partial charge is 0.305 e. The normalized spacial score (nSPS) is 12.7. The summed E-state index contributed by atoms with van der Waals surface area (Å²) >= 11 is 0. The third kappa shape index (κ3) is 55.7. The quantitative estimate of drug-likeness (QED) is 0.0321. The molecule has 0 spiro atoms. The van der Waals surface area contributed by atoms with Gasteiger partial charge in [-0.2, -0.15) is 0 Å². The molecule has 1 amide bonds. The number of aliphatic hydroxyl groups is 2. The summed E-state index contributed by atoms with van der Waals surface area (Å²) in [5.74, 6) is -0.0566. The Morgan fingerprint density at radius 1 is 0.400 bits per heavy atom. The summed E-state index contributed by atoms with van der Waals surface area (Å²) in [6, 6.07) is -0.553. The number of carbonyl (C=O) groups is 2. The van der Waals surface area contributed by atoms with Crippen LogP contribution in [0, 0.1) is 0 Å². The average Bonchev–Trinajstić information content (AvgIpc) is 3.36. The summed E-state index contributed by atoms with van der Waals surface area (Å²) in [5, 5.41) is 23.4. The van der Waals surface area contributed by atoms with Gasteiger partial charge < -0.3 is 20.3 Å². The first-order chi connectivity index (χ1) is 34.5. The van der Waals surface area contributed by atoms with Crippen molar-refractivity contribution in [3.8, 4) is 0 Å². The Bertz CT molecular complexity index is 1090. The zero-order valence-electron chi connectivity index (χ0n) is 47.3. The largest absolute Gasteiger partial charge is 0.466 e. The van der Waals surface area contributed by atoms with Gasteiger partial charge in [-0.3, -0.25) is 9.59 Å². The highest BCUT2D eigenvalue weighted by Crippen LogP contribution is 2.18. The molecule has 414 valence electrons. The Labute approximate surface area is 437 Å². The Morgan fingerprint density at radius 3 is 1.11 bits per heavy atom. The number of hydrogen-bond donors (Lipinski definition) is 3. The van der Waals surface area contributed by atoms with Crippen LogP contribution in [0.3, 0.4) is 0 Å². The molecule has 3 N–H and O–H groups in total. The van der Waals surface area contributed by atoms with Crippen molar-refractivity contribution in [1.29, 1.82) is 0 Å². The minimum Gasteiger partial charge on any atom is -0.466 e. The van der Waals surface area contributed by atoms with Crippen molar-refractivity contribution in [2.45, 2.75) is 360 Å². The average molecular weight is 987 g/mol. The number of esters is 1. The van der Waals surface area contributed by atoms with E-state index in [0.717, 1.165) is 57.8 Å². The number of rotatable bonds is 59. The monoisotopic (exact) mass is 986 g/mol. The fourth-order valence-electron chi connectivity index (χ4n) is 9.91. The van der Waals surface area contributed by atoms with E-state index in [0.29, 0.717) is 25.9 Å². The lowest BCUT2D eigenvalue weighted by Crippen LogP contribution is -2.45. The minimum absolute atomic E-state index is 0.0121. The maximum Gasteiger partial charge on any atom is 0.305 e. The minimum atomic E-state index is -0.675. The summed E-state index contributed by atoms with van der Waals surface area (Å²) in [6.45, 7) is 4.92. The van der Waals surface area contributed by atoms with Gasteiger partial charge in [0.2, 0.25) is 5.91 Å². The molecule has 6 heteroatoms. The molecule has 0 aromatic heterocycles. The van der Waals surface area contributed by atoms with Gasteiger partial charge >= 0.3 is 5.97 Å². The highest BCUT2D eigenvalue weighted by atomic mass is 16.5. The van der Waals surface area contributed by atoms with Crippen molar-refractivity contribution in [2.75, 3.05) is 13.2 Å². The second-order valence-corrected chi connectivity index (χ2v) is 21.7. The van der Waals surface area contributed by atoms with Crippen molar-refractivity contribution in [2.24, 2.45) is 0 Å². The van der Waals surface area contributed by atoms with Crippen LogP contribution < -0.4 is 5.32 Å². The molecule has 0 radical (unpaired) electrons. The zero-order valence-corrected chi connectivity index (χ0v) is 47.3. The van der Waals surface area contributed by atoms with Crippen LogP contribution in [0.5, 0.6) is 0 Å². The van der Waals surface area contributed by atoms with E-state index in [2.05, 4.69) is 43.5 Å². The van der Waals surface area contributed by atoms with Crippen LogP contribution in [0.15, 0.2) is 24.3 Å². The molecule has 6 nitrogen and oxygen atoms in total. The molecular weight excluding hydrogens is 863 g/mol. The molecule has 0 rings (SSSR count). The number of allylic oxidation sites excluding steroid dienone is 4. The molecular formula is C64H123NO5. The Kier molecular flexibility index (Phi) is 58.5. The fraction of sp³-hybridized carbons (Fsp3) is 0.906. The Morgan fingerprint density at radius 2 is 0.714 bits per heavy atom. The van der Waals surface area contributed by atoms with Gasteiger partial charge in [-0.25, -0.2) is 0 Å². The van der Waals surface area contributed by atoms with Gasteiger partial charge in [-0.05, 0) is 57.8 Å². The second kappa shape index (κ2) is 59.9. The molecule has 0 aromatic carbocycles. The van der Waals surface area contributed by atoms with Crippen LogP contribution in [0.2, 0.25) is 0 Å².